The first kappa shape index (κ1) is 26.3. The van der Waals surface area contributed by atoms with E-state index in [-0.39, 0.29) is 0 Å². The van der Waals surface area contributed by atoms with Gasteiger partial charge in [0.1, 0.15) is 0 Å². The van der Waals surface area contributed by atoms with Gasteiger partial charge in [-0.15, -0.1) is 16.8 Å². The van der Waals surface area contributed by atoms with Crippen molar-refractivity contribution in [2.75, 3.05) is 21.3 Å². The average molecular weight is 539 g/mol. The molecule has 5 rings (SSSR count). The molecule has 0 aliphatic heterocycles. The lowest BCUT2D eigenvalue weighted by Crippen LogP contribution is -2.02. The van der Waals surface area contributed by atoms with Crippen LogP contribution in [-0.2, 0) is 12.3 Å². The number of allylic oxidation sites excluding steroid dienone is 1. The highest BCUT2D eigenvalue weighted by molar-refractivity contribution is 7.98. The van der Waals surface area contributed by atoms with E-state index >= 15 is 0 Å². The Balaban J connectivity index is 1.63. The normalized spacial score (nSPS) is 11.0. The standard InChI is InChI=1S/C31H30N4O3S/c1-6-14-35-30(33-34-31(35)39-19-21-11-9-10-20(2)15-21)24-18-26(32-25-13-8-7-12-23(24)25)22-16-27(36-3)29(38-5)28(17-22)37-4/h6-13,15-18H,1,14,19H2,2-5H3. The maximum Gasteiger partial charge on any atom is 0.203 e. The molecule has 0 spiro atoms. The number of ether oxygens (including phenoxy) is 3. The van der Waals surface area contributed by atoms with Crippen LogP contribution in [0, 0.1) is 6.92 Å². The van der Waals surface area contributed by atoms with Crippen molar-refractivity contribution in [3.05, 3.63) is 90.5 Å². The highest BCUT2D eigenvalue weighted by Crippen LogP contribution is 2.42. The molecule has 0 atom stereocenters. The van der Waals surface area contributed by atoms with Gasteiger partial charge in [-0.25, -0.2) is 4.98 Å². The summed E-state index contributed by atoms with van der Waals surface area (Å²) in [6.45, 7) is 6.67. The molecule has 0 saturated heterocycles. The molecule has 2 aromatic heterocycles. The fourth-order valence-electron chi connectivity index (χ4n) is 4.58. The quantitative estimate of drug-likeness (QED) is 0.140. The Labute approximate surface area is 232 Å². The predicted octanol–water partition coefficient (Wildman–Crippen LogP) is 6.97. The molecule has 0 saturated carbocycles. The summed E-state index contributed by atoms with van der Waals surface area (Å²) in [6.07, 6.45) is 1.87. The molecule has 5 aromatic rings. The smallest absolute Gasteiger partial charge is 0.203 e. The molecule has 8 heteroatoms. The number of aryl methyl sites for hydroxylation is 1. The first-order chi connectivity index (χ1) is 19.1. The van der Waals surface area contributed by atoms with Gasteiger partial charge in [-0.05, 0) is 36.8 Å². The topological polar surface area (TPSA) is 71.3 Å². The predicted molar refractivity (Wildman–Crippen MR) is 157 cm³/mol. The maximum atomic E-state index is 5.60. The third kappa shape index (κ3) is 5.33. The van der Waals surface area contributed by atoms with E-state index < -0.39 is 0 Å². The second kappa shape index (κ2) is 11.6. The number of hydrogen-bond acceptors (Lipinski definition) is 7. The van der Waals surface area contributed by atoms with Crippen molar-refractivity contribution >= 4 is 22.7 Å². The van der Waals surface area contributed by atoms with Gasteiger partial charge in [-0.3, -0.25) is 4.57 Å². The average Bonchev–Trinajstić information content (AvgIpc) is 3.36. The van der Waals surface area contributed by atoms with Gasteiger partial charge in [0.15, 0.2) is 22.5 Å². The summed E-state index contributed by atoms with van der Waals surface area (Å²) in [4.78, 5) is 4.97. The van der Waals surface area contributed by atoms with Crippen LogP contribution in [0.2, 0.25) is 0 Å². The summed E-state index contributed by atoms with van der Waals surface area (Å²) in [7, 11) is 4.80. The van der Waals surface area contributed by atoms with Crippen LogP contribution >= 0.6 is 11.8 Å². The summed E-state index contributed by atoms with van der Waals surface area (Å²) in [6, 6.07) is 22.4. The third-order valence-electron chi connectivity index (χ3n) is 6.40. The van der Waals surface area contributed by atoms with Gasteiger partial charge < -0.3 is 14.2 Å². The first-order valence-corrected chi connectivity index (χ1v) is 13.5. The Hall–Kier alpha value is -4.30. The summed E-state index contributed by atoms with van der Waals surface area (Å²) in [5, 5.41) is 11.1. The third-order valence-corrected chi connectivity index (χ3v) is 7.43. The SMILES string of the molecule is C=CCn1c(SCc2cccc(C)c2)nnc1-c1cc(-c2cc(OC)c(OC)c(OC)c2)nc2ccccc12. The van der Waals surface area contributed by atoms with Gasteiger partial charge in [0.2, 0.25) is 5.75 Å². The molecule has 0 N–H and O–H groups in total. The van der Waals surface area contributed by atoms with E-state index in [4.69, 9.17) is 19.2 Å². The van der Waals surface area contributed by atoms with Gasteiger partial charge in [-0.1, -0.05) is 65.9 Å². The molecule has 0 aliphatic rings. The number of benzene rings is 3. The Morgan fingerprint density at radius 1 is 0.897 bits per heavy atom. The van der Waals surface area contributed by atoms with Crippen LogP contribution in [0.5, 0.6) is 17.2 Å². The molecule has 2 heterocycles. The lowest BCUT2D eigenvalue weighted by molar-refractivity contribution is 0.324. The van der Waals surface area contributed by atoms with E-state index in [0.717, 1.165) is 44.5 Å². The van der Waals surface area contributed by atoms with E-state index in [9.17, 15) is 0 Å². The zero-order valence-electron chi connectivity index (χ0n) is 22.5. The van der Waals surface area contributed by atoms with Crippen LogP contribution in [-0.4, -0.2) is 41.1 Å². The van der Waals surface area contributed by atoms with Gasteiger partial charge in [-0.2, -0.15) is 0 Å². The van der Waals surface area contributed by atoms with Crippen LogP contribution in [0.25, 0.3) is 33.5 Å². The number of fused-ring (bicyclic) bond motifs is 1. The monoisotopic (exact) mass is 538 g/mol. The van der Waals surface area contributed by atoms with Crippen molar-refractivity contribution in [2.24, 2.45) is 0 Å². The maximum absolute atomic E-state index is 5.60. The lowest BCUT2D eigenvalue weighted by Gasteiger charge is -2.15. The Morgan fingerprint density at radius 2 is 1.67 bits per heavy atom. The van der Waals surface area contributed by atoms with Crippen molar-refractivity contribution in [1.82, 2.24) is 19.7 Å². The molecule has 0 amide bonds. The zero-order valence-corrected chi connectivity index (χ0v) is 23.3. The molecule has 3 aromatic carbocycles. The van der Waals surface area contributed by atoms with E-state index in [1.54, 1.807) is 33.1 Å². The van der Waals surface area contributed by atoms with Crippen molar-refractivity contribution in [3.63, 3.8) is 0 Å². The number of nitrogens with zero attached hydrogens (tertiary/aromatic N) is 4. The molecule has 0 bridgehead atoms. The second-order valence-corrected chi connectivity index (χ2v) is 9.91. The number of rotatable bonds is 10. The van der Waals surface area contributed by atoms with Crippen molar-refractivity contribution < 1.29 is 14.2 Å². The summed E-state index contributed by atoms with van der Waals surface area (Å²) in [5.41, 5.74) is 5.85. The van der Waals surface area contributed by atoms with Crippen molar-refractivity contribution in [2.45, 2.75) is 24.4 Å². The molecule has 0 unspecified atom stereocenters. The number of aromatic nitrogens is 4. The Bertz CT molecular complexity index is 1620. The zero-order chi connectivity index (χ0) is 27.4. The number of para-hydroxylation sites is 1. The van der Waals surface area contributed by atoms with Crippen molar-refractivity contribution in [1.29, 1.82) is 0 Å². The summed E-state index contributed by atoms with van der Waals surface area (Å²) in [5.74, 6) is 3.21. The minimum absolute atomic E-state index is 0.533. The lowest BCUT2D eigenvalue weighted by atomic mass is 10.0. The summed E-state index contributed by atoms with van der Waals surface area (Å²) < 4.78 is 18.8. The van der Waals surface area contributed by atoms with Crippen LogP contribution in [0.15, 0.2) is 84.5 Å². The van der Waals surface area contributed by atoms with E-state index in [0.29, 0.717) is 23.8 Å². The molecule has 198 valence electrons. The highest BCUT2D eigenvalue weighted by atomic mass is 32.2. The Kier molecular flexibility index (Phi) is 7.84. The highest BCUT2D eigenvalue weighted by Gasteiger charge is 2.20. The van der Waals surface area contributed by atoms with E-state index in [2.05, 4.69) is 58.6 Å². The van der Waals surface area contributed by atoms with E-state index in [1.165, 1.54) is 11.1 Å². The van der Waals surface area contributed by atoms with Crippen LogP contribution in [0.1, 0.15) is 11.1 Å². The minimum atomic E-state index is 0.533. The Morgan fingerprint density at radius 3 is 2.36 bits per heavy atom. The fourth-order valence-corrected chi connectivity index (χ4v) is 5.47. The van der Waals surface area contributed by atoms with Crippen molar-refractivity contribution in [3.8, 4) is 39.9 Å². The number of thioether (sulfide) groups is 1. The molecule has 0 aliphatic carbocycles. The van der Waals surface area contributed by atoms with Gasteiger partial charge in [0, 0.05) is 28.8 Å². The van der Waals surface area contributed by atoms with Gasteiger partial charge in [0.05, 0.1) is 32.5 Å². The second-order valence-electron chi connectivity index (χ2n) is 8.97. The first-order valence-electron chi connectivity index (χ1n) is 12.5. The minimum Gasteiger partial charge on any atom is -0.493 e. The molecule has 0 radical (unpaired) electrons. The molecule has 0 fully saturated rings. The van der Waals surface area contributed by atoms with Gasteiger partial charge in [0.25, 0.3) is 0 Å². The number of hydrogen-bond donors (Lipinski definition) is 0. The molecule has 7 nitrogen and oxygen atoms in total. The van der Waals surface area contributed by atoms with Crippen LogP contribution in [0.4, 0.5) is 0 Å². The molecule has 39 heavy (non-hydrogen) atoms. The van der Waals surface area contributed by atoms with Gasteiger partial charge >= 0.3 is 0 Å². The molecular formula is C31H30N4O3S. The van der Waals surface area contributed by atoms with E-state index in [1.807, 2.05) is 42.5 Å². The summed E-state index contributed by atoms with van der Waals surface area (Å²) >= 11 is 1.66. The number of methoxy groups -OCH3 is 3. The van der Waals surface area contributed by atoms with Crippen LogP contribution < -0.4 is 14.2 Å². The molecular weight excluding hydrogens is 508 g/mol. The number of pyridine rings is 1. The van der Waals surface area contributed by atoms with Crippen LogP contribution in [0.3, 0.4) is 0 Å². The fraction of sp³-hybridized carbons (Fsp3) is 0.194. The largest absolute Gasteiger partial charge is 0.493 e.